The summed E-state index contributed by atoms with van der Waals surface area (Å²) in [5.41, 5.74) is 4.54. The molecule has 0 unspecified atom stereocenters. The zero-order valence-corrected chi connectivity index (χ0v) is 16.6. The molecular weight excluding hydrogens is 383 g/mol. The number of fused-ring (bicyclic) bond motifs is 1. The van der Waals surface area contributed by atoms with Crippen LogP contribution in [-0.4, -0.2) is 6.54 Å². The highest BCUT2D eigenvalue weighted by molar-refractivity contribution is 6.31. The summed E-state index contributed by atoms with van der Waals surface area (Å²) in [6.07, 6.45) is 0.175. The van der Waals surface area contributed by atoms with Gasteiger partial charge in [-0.25, -0.2) is 0 Å². The molecule has 0 fully saturated rings. The van der Waals surface area contributed by atoms with Crippen LogP contribution in [0.2, 0.25) is 5.02 Å². The molecule has 1 nitrogen and oxygen atoms in total. The number of rotatable bonds is 6. The van der Waals surface area contributed by atoms with Crippen LogP contribution in [-0.2, 0) is 19.1 Å². The molecule has 0 heterocycles. The molecule has 0 saturated carbocycles. The first kappa shape index (κ1) is 20.7. The Bertz CT molecular complexity index is 913. The number of nitrogens with one attached hydrogen (secondary N) is 1. The average Bonchev–Trinajstić information content (AvgIpc) is 2.65. The van der Waals surface area contributed by atoms with Crippen LogP contribution in [0.1, 0.15) is 47.6 Å². The van der Waals surface area contributed by atoms with Crippen LogP contribution in [0.25, 0.3) is 11.1 Å². The predicted octanol–water partition coefficient (Wildman–Crippen LogP) is 6.90. The van der Waals surface area contributed by atoms with E-state index in [0.29, 0.717) is 23.6 Å². The molecule has 2 aromatic rings. The fourth-order valence-corrected chi connectivity index (χ4v) is 3.74. The van der Waals surface area contributed by atoms with Crippen LogP contribution >= 0.6 is 11.6 Å². The zero-order chi connectivity index (χ0) is 20.3. The third-order valence-electron chi connectivity index (χ3n) is 4.98. The summed E-state index contributed by atoms with van der Waals surface area (Å²) in [5.74, 6) is 0. The Labute approximate surface area is 168 Å². The Kier molecular flexibility index (Phi) is 6.31. The first-order chi connectivity index (χ1) is 13.3. The second-order valence-corrected chi connectivity index (χ2v) is 7.44. The maximum atomic E-state index is 13.2. The van der Waals surface area contributed by atoms with E-state index in [1.165, 1.54) is 6.07 Å². The number of hydrogen-bond acceptors (Lipinski definition) is 1. The highest BCUT2D eigenvalue weighted by atomic mass is 35.5. The first-order valence-electron chi connectivity index (χ1n) is 9.39. The number of unbranched alkanes of at least 4 members (excludes halogenated alkanes) is 1. The van der Waals surface area contributed by atoms with Crippen molar-refractivity contribution in [1.29, 1.82) is 0 Å². The minimum absolute atomic E-state index is 0.387. The molecule has 5 heteroatoms. The lowest BCUT2D eigenvalue weighted by atomic mass is 9.84. The predicted molar refractivity (Wildman–Crippen MR) is 110 cm³/mol. The van der Waals surface area contributed by atoms with E-state index in [2.05, 4.69) is 18.8 Å². The number of allylic oxidation sites excluding steroid dienone is 3. The summed E-state index contributed by atoms with van der Waals surface area (Å²) in [4.78, 5) is 0. The summed E-state index contributed by atoms with van der Waals surface area (Å²) >= 11 is 6.37. The van der Waals surface area contributed by atoms with Crippen LogP contribution in [0.15, 0.2) is 49.1 Å². The molecule has 0 aliphatic heterocycles. The molecule has 0 saturated heterocycles. The van der Waals surface area contributed by atoms with Crippen molar-refractivity contribution >= 4 is 22.7 Å². The van der Waals surface area contributed by atoms with Crippen molar-refractivity contribution in [3.63, 3.8) is 0 Å². The quantitative estimate of drug-likeness (QED) is 0.515. The molecule has 28 heavy (non-hydrogen) atoms. The number of alkyl halides is 3. The van der Waals surface area contributed by atoms with Gasteiger partial charge in [0.05, 0.1) is 5.56 Å². The van der Waals surface area contributed by atoms with Gasteiger partial charge in [-0.3, -0.25) is 0 Å². The summed E-state index contributed by atoms with van der Waals surface area (Å²) < 4.78 is 39.7. The molecule has 0 radical (unpaired) electrons. The lowest BCUT2D eigenvalue weighted by Gasteiger charge is -2.23. The second kappa shape index (κ2) is 8.54. The SMILES string of the molecule is C=C1C=C(c2ccc(C(F)(F)F)cc2CNCCCC)Cc2c(Cl)cccc21. The van der Waals surface area contributed by atoms with Crippen LogP contribution < -0.4 is 5.32 Å². The number of hydrogen-bond donors (Lipinski definition) is 1. The van der Waals surface area contributed by atoms with Gasteiger partial charge in [0.25, 0.3) is 0 Å². The Morgan fingerprint density at radius 2 is 1.93 bits per heavy atom. The van der Waals surface area contributed by atoms with Crippen LogP contribution in [0.5, 0.6) is 0 Å². The van der Waals surface area contributed by atoms with Gasteiger partial charge in [0.15, 0.2) is 0 Å². The third kappa shape index (κ3) is 4.50. The topological polar surface area (TPSA) is 12.0 Å². The largest absolute Gasteiger partial charge is 0.416 e. The van der Waals surface area contributed by atoms with Gasteiger partial charge in [0, 0.05) is 18.0 Å². The molecule has 0 aromatic heterocycles. The molecule has 0 amide bonds. The summed E-state index contributed by atoms with van der Waals surface area (Å²) in [6.45, 7) is 7.35. The Morgan fingerprint density at radius 3 is 2.64 bits per heavy atom. The molecule has 1 aliphatic carbocycles. The second-order valence-electron chi connectivity index (χ2n) is 7.04. The van der Waals surface area contributed by atoms with Crippen LogP contribution in [0.3, 0.4) is 0 Å². The number of halogens is 4. The summed E-state index contributed by atoms with van der Waals surface area (Å²) in [5, 5.41) is 3.91. The van der Waals surface area contributed by atoms with E-state index in [1.54, 1.807) is 6.07 Å². The average molecular weight is 406 g/mol. The highest BCUT2D eigenvalue weighted by Crippen LogP contribution is 2.39. The molecular formula is C23H23ClF3N. The van der Waals surface area contributed by atoms with Gasteiger partial charge >= 0.3 is 6.18 Å². The molecule has 3 rings (SSSR count). The molecule has 0 spiro atoms. The molecule has 1 aliphatic rings. The van der Waals surface area contributed by atoms with E-state index in [-0.39, 0.29) is 0 Å². The zero-order valence-electron chi connectivity index (χ0n) is 15.8. The van der Waals surface area contributed by atoms with Gasteiger partial charge in [0.1, 0.15) is 0 Å². The minimum Gasteiger partial charge on any atom is -0.313 e. The van der Waals surface area contributed by atoms with Crippen molar-refractivity contribution in [2.45, 2.75) is 38.9 Å². The lowest BCUT2D eigenvalue weighted by Crippen LogP contribution is -2.17. The highest BCUT2D eigenvalue weighted by Gasteiger charge is 2.31. The standard InChI is InChI=1S/C23H23ClF3N/c1-3-4-10-28-14-17-12-18(23(25,26)27)8-9-20(17)16-11-15(2)19-6-5-7-22(24)21(19)13-16/h5-9,11-12,28H,2-4,10,13-14H2,1H3. The Balaban J connectivity index is 1.98. The normalized spacial score (nSPS) is 14.0. The maximum absolute atomic E-state index is 13.2. The maximum Gasteiger partial charge on any atom is 0.416 e. The smallest absolute Gasteiger partial charge is 0.313 e. The minimum atomic E-state index is -4.36. The number of benzene rings is 2. The Hall–Kier alpha value is -2.04. The molecule has 1 N–H and O–H groups in total. The van der Waals surface area contributed by atoms with E-state index in [9.17, 15) is 13.2 Å². The fourth-order valence-electron chi connectivity index (χ4n) is 3.50. The first-order valence-corrected chi connectivity index (χ1v) is 9.77. The van der Waals surface area contributed by atoms with E-state index >= 15 is 0 Å². The molecule has 0 bridgehead atoms. The van der Waals surface area contributed by atoms with Gasteiger partial charge < -0.3 is 5.32 Å². The van der Waals surface area contributed by atoms with E-state index in [1.807, 2.05) is 24.3 Å². The molecule has 2 aromatic carbocycles. The van der Waals surface area contributed by atoms with Gasteiger partial charge in [-0.1, -0.05) is 55.8 Å². The fraction of sp³-hybridized carbons (Fsp3) is 0.304. The Morgan fingerprint density at radius 1 is 1.14 bits per heavy atom. The van der Waals surface area contributed by atoms with Gasteiger partial charge in [0.2, 0.25) is 0 Å². The van der Waals surface area contributed by atoms with Crippen molar-refractivity contribution in [3.05, 3.63) is 81.9 Å². The van der Waals surface area contributed by atoms with Crippen LogP contribution in [0, 0.1) is 0 Å². The van der Waals surface area contributed by atoms with Crippen molar-refractivity contribution < 1.29 is 13.2 Å². The van der Waals surface area contributed by atoms with Gasteiger partial charge in [-0.2, -0.15) is 13.2 Å². The molecule has 0 atom stereocenters. The van der Waals surface area contributed by atoms with Crippen molar-refractivity contribution in [2.24, 2.45) is 0 Å². The van der Waals surface area contributed by atoms with Crippen molar-refractivity contribution in [1.82, 2.24) is 5.32 Å². The monoisotopic (exact) mass is 405 g/mol. The van der Waals surface area contributed by atoms with Crippen molar-refractivity contribution in [3.8, 4) is 0 Å². The lowest BCUT2D eigenvalue weighted by molar-refractivity contribution is -0.137. The summed E-state index contributed by atoms with van der Waals surface area (Å²) in [6, 6.07) is 9.65. The van der Waals surface area contributed by atoms with E-state index in [0.717, 1.165) is 53.3 Å². The van der Waals surface area contributed by atoms with E-state index in [4.69, 9.17) is 11.6 Å². The molecule has 148 valence electrons. The van der Waals surface area contributed by atoms with Gasteiger partial charge in [-0.15, -0.1) is 0 Å². The van der Waals surface area contributed by atoms with Crippen LogP contribution in [0.4, 0.5) is 13.2 Å². The third-order valence-corrected chi connectivity index (χ3v) is 5.34. The van der Waals surface area contributed by atoms with E-state index < -0.39 is 11.7 Å². The van der Waals surface area contributed by atoms with Gasteiger partial charge in [-0.05, 0) is 64.6 Å². The summed E-state index contributed by atoms with van der Waals surface area (Å²) in [7, 11) is 0. The van der Waals surface area contributed by atoms with Crippen molar-refractivity contribution in [2.75, 3.05) is 6.54 Å².